The fraction of sp³-hybridized carbons (Fsp3) is 1.00. The number of epoxide rings is 3. The summed E-state index contributed by atoms with van der Waals surface area (Å²) in [5, 5.41) is 0. The van der Waals surface area contributed by atoms with Crippen molar-refractivity contribution in [2.24, 2.45) is 0 Å². The van der Waals surface area contributed by atoms with Crippen LogP contribution in [0.2, 0.25) is 0 Å². The van der Waals surface area contributed by atoms with E-state index < -0.39 is 0 Å². The predicted molar refractivity (Wildman–Crippen MR) is 64.9 cm³/mol. The zero-order chi connectivity index (χ0) is 13.1. The van der Waals surface area contributed by atoms with E-state index in [4.69, 9.17) is 28.4 Å². The summed E-state index contributed by atoms with van der Waals surface area (Å²) in [5.74, 6) is 0. The average molecular weight is 274 g/mol. The maximum Gasteiger partial charge on any atom is 0.160 e. The third-order valence-corrected chi connectivity index (χ3v) is 3.23. The van der Waals surface area contributed by atoms with Crippen LogP contribution in [0.3, 0.4) is 0 Å². The van der Waals surface area contributed by atoms with Gasteiger partial charge in [0, 0.05) is 6.42 Å². The van der Waals surface area contributed by atoms with Crippen LogP contribution in [0.15, 0.2) is 0 Å². The van der Waals surface area contributed by atoms with Gasteiger partial charge in [-0.15, -0.1) is 0 Å². The van der Waals surface area contributed by atoms with Crippen LogP contribution in [0.5, 0.6) is 0 Å². The predicted octanol–water partition coefficient (Wildman–Crippen LogP) is 0.337. The number of hydrogen-bond acceptors (Lipinski definition) is 6. The van der Waals surface area contributed by atoms with Crippen molar-refractivity contribution < 1.29 is 28.4 Å². The van der Waals surface area contributed by atoms with E-state index in [1.165, 1.54) is 0 Å². The van der Waals surface area contributed by atoms with Crippen molar-refractivity contribution in [3.8, 4) is 0 Å². The molecule has 0 N–H and O–H groups in total. The third-order valence-electron chi connectivity index (χ3n) is 3.23. The minimum Gasteiger partial charge on any atom is -0.376 e. The first kappa shape index (κ1) is 13.7. The van der Waals surface area contributed by atoms with Gasteiger partial charge in [-0.2, -0.15) is 0 Å². The average Bonchev–Trinajstić information content (AvgIpc) is 3.29. The summed E-state index contributed by atoms with van der Waals surface area (Å²) in [6.45, 7) is 6.28. The Morgan fingerprint density at radius 2 is 1.26 bits per heavy atom. The molecule has 110 valence electrons. The molecule has 3 aliphatic heterocycles. The number of ether oxygens (including phenoxy) is 6. The summed E-state index contributed by atoms with van der Waals surface area (Å²) >= 11 is 0. The van der Waals surface area contributed by atoms with Gasteiger partial charge >= 0.3 is 0 Å². The Kier molecular flexibility index (Phi) is 4.68. The third kappa shape index (κ3) is 5.72. The summed E-state index contributed by atoms with van der Waals surface area (Å²) in [6, 6.07) is 0. The van der Waals surface area contributed by atoms with Crippen molar-refractivity contribution in [3.63, 3.8) is 0 Å². The fourth-order valence-corrected chi connectivity index (χ4v) is 1.72. The molecule has 3 aliphatic rings. The lowest BCUT2D eigenvalue weighted by atomic mass is 10.2. The van der Waals surface area contributed by atoms with E-state index in [2.05, 4.69) is 0 Å². The normalized spacial score (nSPS) is 34.9. The van der Waals surface area contributed by atoms with Crippen LogP contribution in [0.25, 0.3) is 0 Å². The largest absolute Gasteiger partial charge is 0.376 e. The molecule has 0 bridgehead atoms. The molecule has 3 heterocycles. The molecule has 19 heavy (non-hydrogen) atoms. The Hall–Kier alpha value is -0.240. The molecule has 0 saturated carbocycles. The van der Waals surface area contributed by atoms with E-state index in [-0.39, 0.29) is 24.6 Å². The van der Waals surface area contributed by atoms with Crippen LogP contribution in [-0.4, -0.2) is 70.3 Å². The molecule has 0 amide bonds. The van der Waals surface area contributed by atoms with Crippen molar-refractivity contribution in [2.45, 2.75) is 44.1 Å². The maximum atomic E-state index is 5.72. The summed E-state index contributed by atoms with van der Waals surface area (Å²) in [5.41, 5.74) is 0. The monoisotopic (exact) mass is 274 g/mol. The van der Waals surface area contributed by atoms with Crippen molar-refractivity contribution in [1.82, 2.24) is 0 Å². The minimum absolute atomic E-state index is 0.0921. The summed E-state index contributed by atoms with van der Waals surface area (Å²) < 4.78 is 32.5. The molecule has 0 aromatic carbocycles. The molecule has 0 aromatic heterocycles. The molecule has 0 spiro atoms. The number of hydrogen-bond donors (Lipinski definition) is 0. The van der Waals surface area contributed by atoms with Crippen LogP contribution in [0.1, 0.15) is 13.3 Å². The van der Waals surface area contributed by atoms with Crippen LogP contribution in [0.4, 0.5) is 0 Å². The van der Waals surface area contributed by atoms with Gasteiger partial charge < -0.3 is 28.4 Å². The molecule has 0 aromatic rings. The first-order chi connectivity index (χ1) is 9.29. The van der Waals surface area contributed by atoms with E-state index in [9.17, 15) is 0 Å². The summed E-state index contributed by atoms with van der Waals surface area (Å²) in [4.78, 5) is 0. The van der Waals surface area contributed by atoms with Crippen molar-refractivity contribution in [3.05, 3.63) is 0 Å². The second-order valence-corrected chi connectivity index (χ2v) is 5.34. The minimum atomic E-state index is -0.247. The van der Waals surface area contributed by atoms with Gasteiger partial charge in [0.2, 0.25) is 0 Å². The Labute approximate surface area is 113 Å². The van der Waals surface area contributed by atoms with E-state index in [0.29, 0.717) is 32.3 Å². The highest BCUT2D eigenvalue weighted by Crippen LogP contribution is 2.17. The molecule has 4 unspecified atom stereocenters. The summed E-state index contributed by atoms with van der Waals surface area (Å²) in [7, 11) is 0. The first-order valence-electron chi connectivity index (χ1n) is 6.99. The second kappa shape index (κ2) is 6.47. The molecule has 4 atom stereocenters. The van der Waals surface area contributed by atoms with Crippen molar-refractivity contribution in [2.75, 3.05) is 39.6 Å². The smallest absolute Gasteiger partial charge is 0.160 e. The Morgan fingerprint density at radius 3 is 1.68 bits per heavy atom. The second-order valence-electron chi connectivity index (χ2n) is 5.34. The molecule has 6 nitrogen and oxygen atoms in total. The Morgan fingerprint density at radius 1 is 0.842 bits per heavy atom. The van der Waals surface area contributed by atoms with Gasteiger partial charge in [0.25, 0.3) is 0 Å². The van der Waals surface area contributed by atoms with Crippen LogP contribution in [0, 0.1) is 0 Å². The van der Waals surface area contributed by atoms with E-state index >= 15 is 0 Å². The molecule has 0 radical (unpaired) electrons. The topological polar surface area (TPSA) is 65.3 Å². The highest BCUT2D eigenvalue weighted by atomic mass is 16.7. The zero-order valence-electron chi connectivity index (χ0n) is 11.3. The quantitative estimate of drug-likeness (QED) is 0.400. The summed E-state index contributed by atoms with van der Waals surface area (Å²) in [6.07, 6.45) is 1.35. The van der Waals surface area contributed by atoms with Gasteiger partial charge in [-0.25, -0.2) is 0 Å². The van der Waals surface area contributed by atoms with Crippen LogP contribution in [-0.2, 0) is 28.4 Å². The van der Waals surface area contributed by atoms with Crippen LogP contribution >= 0.6 is 0 Å². The van der Waals surface area contributed by atoms with Gasteiger partial charge in [0.1, 0.15) is 18.3 Å². The Bertz CT molecular complexity index is 258. The van der Waals surface area contributed by atoms with Gasteiger partial charge in [0.15, 0.2) is 6.29 Å². The fourth-order valence-electron chi connectivity index (χ4n) is 1.72. The molecule has 3 saturated heterocycles. The van der Waals surface area contributed by atoms with E-state index in [1.54, 1.807) is 0 Å². The van der Waals surface area contributed by atoms with Crippen molar-refractivity contribution >= 4 is 0 Å². The molecule has 3 fully saturated rings. The zero-order valence-corrected chi connectivity index (χ0v) is 11.3. The standard InChI is InChI=1S/C13H22O6/c1-9(14-3-10-4-15-10)2-13(18-7-11-5-16-11)19-8-12-6-17-12/h9-13H,2-8H2,1H3. The number of rotatable bonds is 11. The van der Waals surface area contributed by atoms with Gasteiger partial charge in [-0.05, 0) is 6.92 Å². The molecule has 6 heteroatoms. The van der Waals surface area contributed by atoms with Gasteiger partial charge in [-0.1, -0.05) is 0 Å². The van der Waals surface area contributed by atoms with Gasteiger partial charge in [-0.3, -0.25) is 0 Å². The van der Waals surface area contributed by atoms with Crippen LogP contribution < -0.4 is 0 Å². The lowest BCUT2D eigenvalue weighted by Crippen LogP contribution is -2.27. The highest BCUT2D eigenvalue weighted by molar-refractivity contribution is 4.71. The SMILES string of the molecule is CC(CC(OCC1CO1)OCC1CO1)OCC1CO1. The molecule has 0 aliphatic carbocycles. The maximum absolute atomic E-state index is 5.72. The lowest BCUT2D eigenvalue weighted by Gasteiger charge is -2.21. The molecule has 3 rings (SSSR count). The van der Waals surface area contributed by atoms with E-state index in [0.717, 1.165) is 19.8 Å². The van der Waals surface area contributed by atoms with Crippen molar-refractivity contribution in [1.29, 1.82) is 0 Å². The molecular formula is C13H22O6. The lowest BCUT2D eigenvalue weighted by molar-refractivity contribution is -0.165. The van der Waals surface area contributed by atoms with Gasteiger partial charge in [0.05, 0.1) is 45.7 Å². The Balaban J connectivity index is 1.33. The molecular weight excluding hydrogens is 252 g/mol. The van der Waals surface area contributed by atoms with E-state index in [1.807, 2.05) is 6.92 Å². The highest BCUT2D eigenvalue weighted by Gasteiger charge is 2.29. The first-order valence-corrected chi connectivity index (χ1v) is 6.99.